The summed E-state index contributed by atoms with van der Waals surface area (Å²) in [6.07, 6.45) is 4.50. The number of hydrogen-bond acceptors (Lipinski definition) is 3. The summed E-state index contributed by atoms with van der Waals surface area (Å²) in [7, 11) is -3.48. The van der Waals surface area contributed by atoms with Gasteiger partial charge in [0.25, 0.3) is 0 Å². The van der Waals surface area contributed by atoms with Crippen molar-refractivity contribution >= 4 is 26.0 Å². The number of aromatic nitrogens is 2. The first-order chi connectivity index (χ1) is 10.4. The lowest BCUT2D eigenvalue weighted by Gasteiger charge is -2.11. The third-order valence-electron chi connectivity index (χ3n) is 3.61. The molecule has 7 heteroatoms. The van der Waals surface area contributed by atoms with Crippen LogP contribution in [0.3, 0.4) is 0 Å². The molecule has 2 rings (SSSR count). The van der Waals surface area contributed by atoms with Gasteiger partial charge in [-0.15, -0.1) is 0 Å². The molecule has 0 aliphatic heterocycles. The van der Waals surface area contributed by atoms with Crippen LogP contribution in [-0.2, 0) is 16.6 Å². The Morgan fingerprint density at radius 1 is 1.32 bits per heavy atom. The van der Waals surface area contributed by atoms with Gasteiger partial charge in [0, 0.05) is 12.7 Å². The van der Waals surface area contributed by atoms with Gasteiger partial charge in [0.2, 0.25) is 10.0 Å². The van der Waals surface area contributed by atoms with E-state index in [1.165, 1.54) is 0 Å². The van der Waals surface area contributed by atoms with Crippen LogP contribution in [0.5, 0.6) is 0 Å². The smallest absolute Gasteiger partial charge is 0.240 e. The molecule has 1 unspecified atom stereocenters. The first-order valence-electron chi connectivity index (χ1n) is 7.20. The van der Waals surface area contributed by atoms with Crippen molar-refractivity contribution in [3.8, 4) is 0 Å². The summed E-state index contributed by atoms with van der Waals surface area (Å²) in [5.74, 6) is 0.433. The van der Waals surface area contributed by atoms with Crippen LogP contribution in [0.1, 0.15) is 31.7 Å². The highest BCUT2D eigenvalue weighted by Crippen LogP contribution is 2.20. The maximum Gasteiger partial charge on any atom is 0.240 e. The molecule has 0 amide bonds. The summed E-state index contributed by atoms with van der Waals surface area (Å²) in [4.78, 5) is 0.293. The van der Waals surface area contributed by atoms with Gasteiger partial charge in [0.05, 0.1) is 22.1 Å². The number of nitrogens with one attached hydrogen (secondary N) is 1. The molecule has 5 nitrogen and oxygen atoms in total. The van der Waals surface area contributed by atoms with Gasteiger partial charge < -0.3 is 0 Å². The van der Waals surface area contributed by atoms with E-state index < -0.39 is 10.0 Å². The van der Waals surface area contributed by atoms with E-state index in [-0.39, 0.29) is 0 Å². The van der Waals surface area contributed by atoms with Crippen molar-refractivity contribution in [1.29, 1.82) is 0 Å². The summed E-state index contributed by atoms with van der Waals surface area (Å²) < 4.78 is 29.6. The van der Waals surface area contributed by atoms with Gasteiger partial charge in [-0.3, -0.25) is 4.68 Å². The van der Waals surface area contributed by atoms with E-state index in [1.807, 2.05) is 12.1 Å². The number of hydrogen-bond donors (Lipinski definition) is 1. The van der Waals surface area contributed by atoms with Crippen LogP contribution in [0.25, 0.3) is 0 Å². The van der Waals surface area contributed by atoms with Gasteiger partial charge in [0.15, 0.2) is 0 Å². The Morgan fingerprint density at radius 3 is 2.55 bits per heavy atom. The summed E-state index contributed by atoms with van der Waals surface area (Å²) in [6.45, 7) is 5.02. The standard InChI is InChI=1S/C15H20BrN3O2S/c1-3-12(2)13-4-6-15(7-5-13)22(20,21)18-8-9-19-11-14(16)10-17-19/h4-7,10-12,18H,3,8-9H2,1-2H3. The Balaban J connectivity index is 1.97. The second-order valence-electron chi connectivity index (χ2n) is 5.20. The minimum atomic E-state index is -3.48. The van der Waals surface area contributed by atoms with E-state index in [9.17, 15) is 8.42 Å². The third-order valence-corrected chi connectivity index (χ3v) is 5.49. The zero-order valence-electron chi connectivity index (χ0n) is 12.7. The van der Waals surface area contributed by atoms with Crippen molar-refractivity contribution in [1.82, 2.24) is 14.5 Å². The molecule has 0 fully saturated rings. The van der Waals surface area contributed by atoms with E-state index in [0.717, 1.165) is 16.5 Å². The molecule has 1 N–H and O–H groups in total. The Morgan fingerprint density at radius 2 is 2.00 bits per heavy atom. The van der Waals surface area contributed by atoms with Crippen LogP contribution in [0.15, 0.2) is 46.0 Å². The quantitative estimate of drug-likeness (QED) is 0.795. The van der Waals surface area contributed by atoms with Crippen LogP contribution < -0.4 is 4.72 Å². The highest BCUT2D eigenvalue weighted by atomic mass is 79.9. The molecule has 0 saturated heterocycles. The second-order valence-corrected chi connectivity index (χ2v) is 7.88. The molecule has 0 radical (unpaired) electrons. The Labute approximate surface area is 139 Å². The number of nitrogens with zero attached hydrogens (tertiary/aromatic N) is 2. The average molecular weight is 386 g/mol. The van der Waals surface area contributed by atoms with Gasteiger partial charge in [-0.25, -0.2) is 13.1 Å². The highest BCUT2D eigenvalue weighted by Gasteiger charge is 2.14. The molecule has 0 aliphatic carbocycles. The Bertz CT molecular complexity index is 711. The third kappa shape index (κ3) is 4.41. The maximum atomic E-state index is 12.2. The second kappa shape index (κ2) is 7.39. The van der Waals surface area contributed by atoms with E-state index in [1.54, 1.807) is 29.2 Å². The normalized spacial score (nSPS) is 13.2. The van der Waals surface area contributed by atoms with Gasteiger partial charge in [-0.1, -0.05) is 26.0 Å². The zero-order chi connectivity index (χ0) is 16.2. The van der Waals surface area contributed by atoms with E-state index in [4.69, 9.17) is 0 Å². The van der Waals surface area contributed by atoms with Crippen molar-refractivity contribution in [3.05, 3.63) is 46.7 Å². The molecule has 0 bridgehead atoms. The summed E-state index contributed by atoms with van der Waals surface area (Å²) >= 11 is 3.30. The largest absolute Gasteiger partial charge is 0.270 e. The lowest BCUT2D eigenvalue weighted by Crippen LogP contribution is -2.27. The van der Waals surface area contributed by atoms with Crippen LogP contribution in [0.4, 0.5) is 0 Å². The summed E-state index contributed by atoms with van der Waals surface area (Å²) in [5, 5.41) is 4.08. The highest BCUT2D eigenvalue weighted by molar-refractivity contribution is 9.10. The predicted octanol–water partition coefficient (Wildman–Crippen LogP) is 3.14. The lowest BCUT2D eigenvalue weighted by molar-refractivity contribution is 0.560. The molecule has 0 saturated carbocycles. The Kier molecular flexibility index (Phi) is 5.77. The molecule has 1 atom stereocenters. The first kappa shape index (κ1) is 17.2. The van der Waals surface area contributed by atoms with Crippen LogP contribution >= 0.6 is 15.9 Å². The number of benzene rings is 1. The fraction of sp³-hybridized carbons (Fsp3) is 0.400. The molecule has 1 aromatic carbocycles. The molecular formula is C15H20BrN3O2S. The van der Waals surface area contributed by atoms with Gasteiger partial charge in [0.1, 0.15) is 0 Å². The van der Waals surface area contributed by atoms with Crippen LogP contribution in [0, 0.1) is 0 Å². The summed E-state index contributed by atoms with van der Waals surface area (Å²) in [6, 6.07) is 7.09. The van der Waals surface area contributed by atoms with E-state index in [0.29, 0.717) is 23.9 Å². The molecular weight excluding hydrogens is 366 g/mol. The maximum absolute atomic E-state index is 12.2. The fourth-order valence-corrected chi connectivity index (χ4v) is 3.40. The fourth-order valence-electron chi connectivity index (χ4n) is 2.05. The number of rotatable bonds is 7. The lowest BCUT2D eigenvalue weighted by atomic mass is 9.99. The van der Waals surface area contributed by atoms with Crippen molar-refractivity contribution < 1.29 is 8.42 Å². The zero-order valence-corrected chi connectivity index (χ0v) is 15.1. The van der Waals surface area contributed by atoms with Crippen LogP contribution in [-0.4, -0.2) is 24.7 Å². The minimum Gasteiger partial charge on any atom is -0.270 e. The molecule has 0 aliphatic rings. The topological polar surface area (TPSA) is 64.0 Å². The van der Waals surface area contributed by atoms with E-state index >= 15 is 0 Å². The minimum absolute atomic E-state index is 0.293. The monoisotopic (exact) mass is 385 g/mol. The molecule has 0 spiro atoms. The number of sulfonamides is 1. The van der Waals surface area contributed by atoms with Crippen LogP contribution in [0.2, 0.25) is 0 Å². The SMILES string of the molecule is CCC(C)c1ccc(S(=O)(=O)NCCn2cc(Br)cn2)cc1. The Hall–Kier alpha value is -1.18. The predicted molar refractivity (Wildman–Crippen MR) is 90.3 cm³/mol. The van der Waals surface area contributed by atoms with Gasteiger partial charge >= 0.3 is 0 Å². The van der Waals surface area contributed by atoms with Gasteiger partial charge in [-0.2, -0.15) is 5.10 Å². The molecule has 120 valence electrons. The molecule has 1 heterocycles. The summed E-state index contributed by atoms with van der Waals surface area (Å²) in [5.41, 5.74) is 1.16. The number of halogens is 1. The van der Waals surface area contributed by atoms with Crippen molar-refractivity contribution in [2.24, 2.45) is 0 Å². The molecule has 1 aromatic heterocycles. The van der Waals surface area contributed by atoms with Crippen molar-refractivity contribution in [3.63, 3.8) is 0 Å². The average Bonchev–Trinajstić information content (AvgIpc) is 2.92. The van der Waals surface area contributed by atoms with Crippen molar-refractivity contribution in [2.75, 3.05) is 6.54 Å². The van der Waals surface area contributed by atoms with Crippen molar-refractivity contribution in [2.45, 2.75) is 37.6 Å². The molecule has 2 aromatic rings. The molecule has 22 heavy (non-hydrogen) atoms. The van der Waals surface area contributed by atoms with E-state index in [2.05, 4.69) is 39.6 Å². The first-order valence-corrected chi connectivity index (χ1v) is 9.47. The van der Waals surface area contributed by atoms with Gasteiger partial charge in [-0.05, 0) is 46.0 Å².